The molecule has 0 spiro atoms. The molecule has 0 saturated carbocycles. The van der Waals surface area contributed by atoms with Crippen LogP contribution in [-0.4, -0.2) is 43.7 Å². The lowest BCUT2D eigenvalue weighted by molar-refractivity contribution is 0.0678. The van der Waals surface area contributed by atoms with Crippen molar-refractivity contribution in [2.24, 2.45) is 5.92 Å². The minimum absolute atomic E-state index is 0.0446. The first kappa shape index (κ1) is 16.8. The van der Waals surface area contributed by atoms with Gasteiger partial charge in [-0.1, -0.05) is 19.9 Å². The Morgan fingerprint density at radius 3 is 2.95 bits per heavy atom. The van der Waals surface area contributed by atoms with Crippen LogP contribution in [0.2, 0.25) is 0 Å². The third-order valence-corrected chi connectivity index (χ3v) is 3.93. The van der Waals surface area contributed by atoms with E-state index >= 15 is 0 Å². The normalized spacial score (nSPS) is 17.7. The third kappa shape index (κ3) is 5.02. The third-order valence-electron chi connectivity index (χ3n) is 3.93. The van der Waals surface area contributed by atoms with E-state index in [9.17, 15) is 4.79 Å². The molecule has 0 radical (unpaired) electrons. The Balaban J connectivity index is 1.90. The Labute approximate surface area is 133 Å². The zero-order chi connectivity index (χ0) is 15.9. The number of hydrogen-bond acceptors (Lipinski definition) is 3. The second-order valence-corrected chi connectivity index (χ2v) is 6.38. The van der Waals surface area contributed by atoms with Gasteiger partial charge in [-0.05, 0) is 43.4 Å². The zero-order valence-electron chi connectivity index (χ0n) is 13.9. The van der Waals surface area contributed by atoms with Crippen molar-refractivity contribution in [3.05, 3.63) is 29.8 Å². The first-order valence-corrected chi connectivity index (χ1v) is 8.16. The lowest BCUT2D eigenvalue weighted by Gasteiger charge is -2.19. The number of carbonyl (C=O) groups is 1. The van der Waals surface area contributed by atoms with Crippen molar-refractivity contribution in [1.82, 2.24) is 4.90 Å². The van der Waals surface area contributed by atoms with E-state index in [0.717, 1.165) is 38.2 Å². The van der Waals surface area contributed by atoms with Gasteiger partial charge in [0.25, 0.3) is 5.91 Å². The molecule has 1 heterocycles. The highest BCUT2D eigenvalue weighted by Crippen LogP contribution is 2.18. The number of hydrogen-bond donors (Lipinski definition) is 0. The van der Waals surface area contributed by atoms with Gasteiger partial charge in [-0.2, -0.15) is 0 Å². The maximum atomic E-state index is 12.4. The fraction of sp³-hybridized carbons (Fsp3) is 0.611. The lowest BCUT2D eigenvalue weighted by Crippen LogP contribution is -2.28. The quantitative estimate of drug-likeness (QED) is 0.775. The minimum atomic E-state index is 0.0446. The van der Waals surface area contributed by atoms with Crippen LogP contribution >= 0.6 is 0 Å². The van der Waals surface area contributed by atoms with Crippen molar-refractivity contribution < 1.29 is 14.3 Å². The van der Waals surface area contributed by atoms with E-state index in [-0.39, 0.29) is 12.0 Å². The first-order chi connectivity index (χ1) is 10.6. The van der Waals surface area contributed by atoms with Crippen molar-refractivity contribution in [1.29, 1.82) is 0 Å². The molecule has 1 unspecified atom stereocenters. The predicted octanol–water partition coefficient (Wildman–Crippen LogP) is 3.36. The number of benzene rings is 1. The van der Waals surface area contributed by atoms with Gasteiger partial charge in [0.1, 0.15) is 12.4 Å². The van der Waals surface area contributed by atoms with Crippen LogP contribution in [-0.2, 0) is 4.74 Å². The predicted molar refractivity (Wildman–Crippen MR) is 87.3 cm³/mol. The fourth-order valence-corrected chi connectivity index (χ4v) is 2.46. The highest BCUT2D eigenvalue weighted by Gasteiger charge is 2.17. The van der Waals surface area contributed by atoms with Gasteiger partial charge in [0.15, 0.2) is 0 Å². The van der Waals surface area contributed by atoms with Gasteiger partial charge < -0.3 is 14.4 Å². The summed E-state index contributed by atoms with van der Waals surface area (Å²) < 4.78 is 11.3. The van der Waals surface area contributed by atoms with Crippen molar-refractivity contribution in [3.63, 3.8) is 0 Å². The maximum Gasteiger partial charge on any atom is 0.253 e. The van der Waals surface area contributed by atoms with Gasteiger partial charge >= 0.3 is 0 Å². The van der Waals surface area contributed by atoms with E-state index in [4.69, 9.17) is 9.47 Å². The second kappa shape index (κ2) is 8.18. The van der Waals surface area contributed by atoms with Crippen LogP contribution in [0.15, 0.2) is 24.3 Å². The summed E-state index contributed by atoms with van der Waals surface area (Å²) in [7, 11) is 1.85. The summed E-state index contributed by atoms with van der Waals surface area (Å²) in [4.78, 5) is 14.2. The van der Waals surface area contributed by atoms with Gasteiger partial charge in [0.05, 0.1) is 6.10 Å². The molecule has 1 aromatic rings. The summed E-state index contributed by atoms with van der Waals surface area (Å²) in [5, 5.41) is 0. The summed E-state index contributed by atoms with van der Waals surface area (Å²) in [6.45, 7) is 6.49. The molecular weight excluding hydrogens is 278 g/mol. The molecule has 1 atom stereocenters. The summed E-state index contributed by atoms with van der Waals surface area (Å²) in [5.74, 6) is 1.37. The smallest absolute Gasteiger partial charge is 0.253 e. The van der Waals surface area contributed by atoms with Crippen LogP contribution in [0.4, 0.5) is 0 Å². The molecule has 0 N–H and O–H groups in total. The molecule has 4 nitrogen and oxygen atoms in total. The highest BCUT2D eigenvalue weighted by molar-refractivity contribution is 5.94. The summed E-state index contributed by atoms with van der Waals surface area (Å²) in [5.41, 5.74) is 0.677. The lowest BCUT2D eigenvalue weighted by atomic mass is 10.1. The molecule has 1 saturated heterocycles. The van der Waals surface area contributed by atoms with E-state index < -0.39 is 0 Å². The standard InChI is InChI=1S/C18H27NO3/c1-14(2)9-10-19(3)18(20)15-6-4-7-16(12-15)22-13-17-8-5-11-21-17/h4,6-7,12,14,17H,5,8-11,13H2,1-3H3. The molecule has 1 amide bonds. The minimum Gasteiger partial charge on any atom is -0.491 e. The molecule has 122 valence electrons. The summed E-state index contributed by atoms with van der Waals surface area (Å²) in [6, 6.07) is 7.42. The monoisotopic (exact) mass is 305 g/mol. The van der Waals surface area contributed by atoms with Crippen LogP contribution in [0.3, 0.4) is 0 Å². The number of nitrogens with zero attached hydrogens (tertiary/aromatic N) is 1. The van der Waals surface area contributed by atoms with Crippen molar-refractivity contribution in [2.75, 3.05) is 26.8 Å². The molecule has 1 aromatic carbocycles. The van der Waals surface area contributed by atoms with Crippen LogP contribution in [0.5, 0.6) is 5.75 Å². The SMILES string of the molecule is CC(C)CCN(C)C(=O)c1cccc(OCC2CCCO2)c1. The summed E-state index contributed by atoms with van der Waals surface area (Å²) >= 11 is 0. The molecule has 0 bridgehead atoms. The van der Waals surface area contributed by atoms with Gasteiger partial charge in [0.2, 0.25) is 0 Å². The molecule has 22 heavy (non-hydrogen) atoms. The Kier molecular flexibility index (Phi) is 6.25. The average Bonchev–Trinajstić information content (AvgIpc) is 3.03. The Hall–Kier alpha value is -1.55. The van der Waals surface area contributed by atoms with Gasteiger partial charge in [-0.15, -0.1) is 0 Å². The molecule has 0 aromatic heterocycles. The second-order valence-electron chi connectivity index (χ2n) is 6.38. The zero-order valence-corrected chi connectivity index (χ0v) is 13.9. The van der Waals surface area contributed by atoms with Crippen LogP contribution in [0.25, 0.3) is 0 Å². The van der Waals surface area contributed by atoms with Crippen molar-refractivity contribution >= 4 is 5.91 Å². The van der Waals surface area contributed by atoms with Crippen LogP contribution < -0.4 is 4.74 Å². The van der Waals surface area contributed by atoms with E-state index in [0.29, 0.717) is 18.1 Å². The molecule has 1 aliphatic heterocycles. The topological polar surface area (TPSA) is 38.8 Å². The fourth-order valence-electron chi connectivity index (χ4n) is 2.46. The van der Waals surface area contributed by atoms with Crippen molar-refractivity contribution in [3.8, 4) is 5.75 Å². The number of amides is 1. The number of carbonyl (C=O) groups excluding carboxylic acids is 1. The molecular formula is C18H27NO3. The van der Waals surface area contributed by atoms with E-state index in [2.05, 4.69) is 13.8 Å². The first-order valence-electron chi connectivity index (χ1n) is 8.16. The Bertz CT molecular complexity index is 481. The van der Waals surface area contributed by atoms with E-state index in [1.165, 1.54) is 0 Å². The highest BCUT2D eigenvalue weighted by atomic mass is 16.5. The Morgan fingerprint density at radius 2 is 2.27 bits per heavy atom. The van der Waals surface area contributed by atoms with E-state index in [1.54, 1.807) is 4.90 Å². The van der Waals surface area contributed by atoms with Gasteiger partial charge in [0, 0.05) is 25.8 Å². The van der Waals surface area contributed by atoms with Crippen molar-refractivity contribution in [2.45, 2.75) is 39.2 Å². The molecule has 4 heteroatoms. The summed E-state index contributed by atoms with van der Waals surface area (Å²) in [6.07, 6.45) is 3.36. The molecule has 1 fully saturated rings. The van der Waals surface area contributed by atoms with E-state index in [1.807, 2.05) is 31.3 Å². The molecule has 1 aliphatic rings. The van der Waals surface area contributed by atoms with Crippen LogP contribution in [0, 0.1) is 5.92 Å². The molecule has 0 aliphatic carbocycles. The Morgan fingerprint density at radius 1 is 1.45 bits per heavy atom. The average molecular weight is 305 g/mol. The van der Waals surface area contributed by atoms with Crippen LogP contribution in [0.1, 0.15) is 43.5 Å². The molecule has 2 rings (SSSR count). The number of rotatable bonds is 7. The largest absolute Gasteiger partial charge is 0.491 e. The maximum absolute atomic E-state index is 12.4. The van der Waals surface area contributed by atoms with Gasteiger partial charge in [-0.25, -0.2) is 0 Å². The van der Waals surface area contributed by atoms with Gasteiger partial charge in [-0.3, -0.25) is 4.79 Å². The number of ether oxygens (including phenoxy) is 2.